The number of hydrogen-bond donors (Lipinski definition) is 1. The molecular weight excluding hydrogens is 222 g/mol. The van der Waals surface area contributed by atoms with Gasteiger partial charge < -0.3 is 5.32 Å². The zero-order valence-electron chi connectivity index (χ0n) is 11.7. The van der Waals surface area contributed by atoms with E-state index in [0.29, 0.717) is 6.04 Å². The smallest absolute Gasteiger partial charge is 0.0372 e. The van der Waals surface area contributed by atoms with Crippen LogP contribution < -0.4 is 5.32 Å². The second-order valence-electron chi connectivity index (χ2n) is 5.34. The van der Waals surface area contributed by atoms with E-state index in [-0.39, 0.29) is 0 Å². The van der Waals surface area contributed by atoms with Crippen molar-refractivity contribution < 1.29 is 0 Å². The summed E-state index contributed by atoms with van der Waals surface area (Å²) in [4.78, 5) is 6.92. The molecule has 1 fully saturated rings. The largest absolute Gasteiger partial charge is 0.313 e. The Kier molecular flexibility index (Phi) is 5.14. The van der Waals surface area contributed by atoms with Crippen molar-refractivity contribution in [3.63, 3.8) is 0 Å². The average Bonchev–Trinajstić information content (AvgIpc) is 2.40. The SMILES string of the molecule is CCCNC1CCCN(Cc2ccc(C)nc2)C1. The van der Waals surface area contributed by atoms with Crippen LogP contribution in [0.3, 0.4) is 0 Å². The van der Waals surface area contributed by atoms with Gasteiger partial charge in [-0.1, -0.05) is 13.0 Å². The summed E-state index contributed by atoms with van der Waals surface area (Å²) < 4.78 is 0. The summed E-state index contributed by atoms with van der Waals surface area (Å²) in [7, 11) is 0. The molecule has 18 heavy (non-hydrogen) atoms. The van der Waals surface area contributed by atoms with Crippen molar-refractivity contribution in [2.75, 3.05) is 19.6 Å². The normalized spacial score (nSPS) is 21.1. The summed E-state index contributed by atoms with van der Waals surface area (Å²) in [5.41, 5.74) is 2.43. The van der Waals surface area contributed by atoms with Gasteiger partial charge in [0.25, 0.3) is 0 Å². The number of aromatic nitrogens is 1. The zero-order chi connectivity index (χ0) is 12.8. The maximum Gasteiger partial charge on any atom is 0.0372 e. The molecule has 1 aliphatic rings. The Morgan fingerprint density at radius 2 is 2.33 bits per heavy atom. The Labute approximate surface area is 111 Å². The zero-order valence-corrected chi connectivity index (χ0v) is 11.7. The summed E-state index contributed by atoms with van der Waals surface area (Å²) in [6.07, 6.45) is 5.86. The molecule has 0 saturated carbocycles. The van der Waals surface area contributed by atoms with Crippen molar-refractivity contribution in [3.05, 3.63) is 29.6 Å². The van der Waals surface area contributed by atoms with Crippen LogP contribution in [-0.4, -0.2) is 35.6 Å². The highest BCUT2D eigenvalue weighted by Gasteiger charge is 2.18. The molecule has 1 aromatic rings. The molecule has 2 heterocycles. The lowest BCUT2D eigenvalue weighted by Gasteiger charge is -2.33. The van der Waals surface area contributed by atoms with Crippen LogP contribution in [0.4, 0.5) is 0 Å². The fraction of sp³-hybridized carbons (Fsp3) is 0.667. The van der Waals surface area contributed by atoms with Crippen LogP contribution in [0.1, 0.15) is 37.4 Å². The first-order chi connectivity index (χ1) is 8.78. The predicted octanol–water partition coefficient (Wildman–Crippen LogP) is 2.35. The second kappa shape index (κ2) is 6.86. The van der Waals surface area contributed by atoms with Crippen LogP contribution in [0.15, 0.2) is 18.3 Å². The van der Waals surface area contributed by atoms with Gasteiger partial charge in [0.1, 0.15) is 0 Å². The number of rotatable bonds is 5. The van der Waals surface area contributed by atoms with Gasteiger partial charge in [-0.3, -0.25) is 9.88 Å². The Bertz CT molecular complexity index is 347. The van der Waals surface area contributed by atoms with Gasteiger partial charge in [0.15, 0.2) is 0 Å². The van der Waals surface area contributed by atoms with E-state index >= 15 is 0 Å². The minimum atomic E-state index is 0.678. The molecular formula is C15H25N3. The Hall–Kier alpha value is -0.930. The van der Waals surface area contributed by atoms with E-state index in [1.54, 1.807) is 0 Å². The number of nitrogens with one attached hydrogen (secondary N) is 1. The van der Waals surface area contributed by atoms with Crippen molar-refractivity contribution in [2.24, 2.45) is 0 Å². The van der Waals surface area contributed by atoms with E-state index in [2.05, 4.69) is 34.3 Å². The second-order valence-corrected chi connectivity index (χ2v) is 5.34. The average molecular weight is 247 g/mol. The maximum absolute atomic E-state index is 4.37. The van der Waals surface area contributed by atoms with E-state index in [4.69, 9.17) is 0 Å². The third kappa shape index (κ3) is 4.07. The topological polar surface area (TPSA) is 28.2 Å². The fourth-order valence-electron chi connectivity index (χ4n) is 2.56. The molecule has 0 bridgehead atoms. The van der Waals surface area contributed by atoms with Gasteiger partial charge in [0.05, 0.1) is 0 Å². The molecule has 1 unspecified atom stereocenters. The summed E-state index contributed by atoms with van der Waals surface area (Å²) in [5.74, 6) is 0. The molecule has 3 nitrogen and oxygen atoms in total. The van der Waals surface area contributed by atoms with Crippen LogP contribution in [-0.2, 0) is 6.54 Å². The van der Waals surface area contributed by atoms with E-state index in [9.17, 15) is 0 Å². The van der Waals surface area contributed by atoms with E-state index in [1.165, 1.54) is 37.9 Å². The third-order valence-corrected chi connectivity index (χ3v) is 3.57. The lowest BCUT2D eigenvalue weighted by atomic mass is 10.0. The number of piperidine rings is 1. The molecule has 100 valence electrons. The summed E-state index contributed by atoms with van der Waals surface area (Å²) in [6, 6.07) is 4.98. The van der Waals surface area contributed by atoms with E-state index < -0.39 is 0 Å². The molecule has 0 aliphatic carbocycles. The Morgan fingerprint density at radius 3 is 3.06 bits per heavy atom. The highest BCUT2D eigenvalue weighted by molar-refractivity contribution is 5.13. The minimum Gasteiger partial charge on any atom is -0.313 e. The first-order valence-corrected chi connectivity index (χ1v) is 7.15. The fourth-order valence-corrected chi connectivity index (χ4v) is 2.56. The first kappa shape index (κ1) is 13.5. The maximum atomic E-state index is 4.37. The molecule has 0 amide bonds. The monoisotopic (exact) mass is 247 g/mol. The van der Waals surface area contributed by atoms with Gasteiger partial charge in [-0.15, -0.1) is 0 Å². The van der Waals surface area contributed by atoms with Crippen LogP contribution >= 0.6 is 0 Å². The third-order valence-electron chi connectivity index (χ3n) is 3.57. The number of likely N-dealkylation sites (tertiary alicyclic amines) is 1. The highest BCUT2D eigenvalue weighted by Crippen LogP contribution is 2.13. The molecule has 3 heteroatoms. The summed E-state index contributed by atoms with van der Waals surface area (Å²) >= 11 is 0. The predicted molar refractivity (Wildman–Crippen MR) is 75.6 cm³/mol. The Balaban J connectivity index is 1.83. The molecule has 0 aromatic carbocycles. The number of aryl methyl sites for hydroxylation is 1. The van der Waals surface area contributed by atoms with Gasteiger partial charge in [-0.2, -0.15) is 0 Å². The standard InChI is InChI=1S/C15H25N3/c1-3-8-16-15-5-4-9-18(12-15)11-14-7-6-13(2)17-10-14/h6-7,10,15-16H,3-5,8-9,11-12H2,1-2H3. The molecule has 1 aliphatic heterocycles. The molecule has 1 atom stereocenters. The number of nitrogens with zero attached hydrogens (tertiary/aromatic N) is 2. The number of hydrogen-bond acceptors (Lipinski definition) is 3. The van der Waals surface area contributed by atoms with Crippen LogP contribution in [0.5, 0.6) is 0 Å². The molecule has 0 radical (unpaired) electrons. The van der Waals surface area contributed by atoms with Crippen molar-refractivity contribution in [2.45, 2.75) is 45.7 Å². The van der Waals surface area contributed by atoms with Gasteiger partial charge in [0.2, 0.25) is 0 Å². The highest BCUT2D eigenvalue weighted by atomic mass is 15.2. The Morgan fingerprint density at radius 1 is 1.44 bits per heavy atom. The van der Waals surface area contributed by atoms with Crippen LogP contribution in [0.2, 0.25) is 0 Å². The van der Waals surface area contributed by atoms with Crippen molar-refractivity contribution in [3.8, 4) is 0 Å². The molecule has 1 saturated heterocycles. The van der Waals surface area contributed by atoms with Crippen molar-refractivity contribution in [1.82, 2.24) is 15.2 Å². The lowest BCUT2D eigenvalue weighted by molar-refractivity contribution is 0.183. The van der Waals surface area contributed by atoms with E-state index in [0.717, 1.165) is 18.8 Å². The van der Waals surface area contributed by atoms with Gasteiger partial charge in [-0.05, 0) is 50.9 Å². The molecule has 2 rings (SSSR count). The van der Waals surface area contributed by atoms with Gasteiger partial charge in [0, 0.05) is 31.0 Å². The minimum absolute atomic E-state index is 0.678. The van der Waals surface area contributed by atoms with E-state index in [1.807, 2.05) is 13.1 Å². The van der Waals surface area contributed by atoms with Crippen molar-refractivity contribution >= 4 is 0 Å². The summed E-state index contributed by atoms with van der Waals surface area (Å²) in [5, 5.41) is 3.64. The number of pyridine rings is 1. The molecule has 1 N–H and O–H groups in total. The van der Waals surface area contributed by atoms with Crippen LogP contribution in [0, 0.1) is 6.92 Å². The van der Waals surface area contributed by atoms with Crippen molar-refractivity contribution in [1.29, 1.82) is 0 Å². The van der Waals surface area contributed by atoms with Gasteiger partial charge >= 0.3 is 0 Å². The summed E-state index contributed by atoms with van der Waals surface area (Å²) in [6.45, 7) is 8.84. The van der Waals surface area contributed by atoms with Gasteiger partial charge in [-0.25, -0.2) is 0 Å². The molecule has 0 spiro atoms. The first-order valence-electron chi connectivity index (χ1n) is 7.15. The molecule has 1 aromatic heterocycles. The quantitative estimate of drug-likeness (QED) is 0.865. The van der Waals surface area contributed by atoms with Crippen LogP contribution in [0.25, 0.3) is 0 Å². The lowest BCUT2D eigenvalue weighted by Crippen LogP contribution is -2.45.